The summed E-state index contributed by atoms with van der Waals surface area (Å²) in [7, 11) is 0. The van der Waals surface area contributed by atoms with E-state index in [0.717, 1.165) is 0 Å². The first kappa shape index (κ1) is 23.6. The van der Waals surface area contributed by atoms with Gasteiger partial charge in [-0.2, -0.15) is 0 Å². The highest BCUT2D eigenvalue weighted by atomic mass is 35.5. The number of hydrogen-bond donors (Lipinski definition) is 2. The van der Waals surface area contributed by atoms with Gasteiger partial charge >= 0.3 is 0 Å². The maximum Gasteiger partial charge on any atom is 0.243 e. The molecule has 2 fully saturated rings. The molecule has 1 aliphatic heterocycles. The number of nitrogens with zero attached hydrogens (tertiary/aromatic N) is 1. The number of nitrogens with two attached hydrogens (primary N) is 1. The van der Waals surface area contributed by atoms with Crippen LogP contribution >= 0.6 is 12.4 Å². The molecule has 0 aromatic heterocycles. The molecule has 8 heteroatoms. The number of carbonyl (C=O) groups excluding carboxylic acids is 2. The van der Waals surface area contributed by atoms with Gasteiger partial charge in [0, 0.05) is 43.1 Å². The van der Waals surface area contributed by atoms with Gasteiger partial charge in [0.05, 0.1) is 6.10 Å². The van der Waals surface area contributed by atoms with Crippen molar-refractivity contribution < 1.29 is 18.7 Å². The number of piperidine rings is 1. The standard InChI is InChI=1S/C21H30FN3O3.ClH/c1-4-28-17-13-21(23,20(17,2)3)19(27)25-11-9-14(10-12-25)18(26)24-16-7-5-15(22)6-8-16;/h5-8,14,17H,4,9-13,23H2,1-3H3,(H,24,26);1H. The van der Waals surface area contributed by atoms with Crippen molar-refractivity contribution in [2.45, 2.75) is 51.7 Å². The van der Waals surface area contributed by atoms with Crippen LogP contribution in [0.5, 0.6) is 0 Å². The summed E-state index contributed by atoms with van der Waals surface area (Å²) in [6.45, 7) is 7.53. The smallest absolute Gasteiger partial charge is 0.243 e. The molecule has 2 unspecified atom stereocenters. The molecule has 3 N–H and O–H groups in total. The molecular formula is C21H31ClFN3O3. The third-order valence-corrected chi connectivity index (χ3v) is 6.48. The second-order valence-electron chi connectivity index (χ2n) is 8.40. The lowest BCUT2D eigenvalue weighted by Crippen LogP contribution is -2.76. The van der Waals surface area contributed by atoms with Gasteiger partial charge in [-0.3, -0.25) is 9.59 Å². The maximum absolute atomic E-state index is 13.1. The molecule has 1 saturated heterocycles. The zero-order valence-corrected chi connectivity index (χ0v) is 18.1. The van der Waals surface area contributed by atoms with Gasteiger partial charge < -0.3 is 20.7 Å². The zero-order chi connectivity index (χ0) is 20.5. The van der Waals surface area contributed by atoms with E-state index >= 15 is 0 Å². The van der Waals surface area contributed by atoms with Crippen LogP contribution in [0.2, 0.25) is 0 Å². The predicted octanol–water partition coefficient (Wildman–Crippen LogP) is 2.96. The highest BCUT2D eigenvalue weighted by Gasteiger charge is 2.63. The second kappa shape index (κ2) is 8.98. The van der Waals surface area contributed by atoms with E-state index in [1.807, 2.05) is 20.8 Å². The van der Waals surface area contributed by atoms with Crippen LogP contribution in [-0.2, 0) is 14.3 Å². The van der Waals surface area contributed by atoms with Gasteiger partial charge in [-0.1, -0.05) is 13.8 Å². The van der Waals surface area contributed by atoms with Crippen LogP contribution in [-0.4, -0.2) is 48.1 Å². The quantitative estimate of drug-likeness (QED) is 0.756. The fourth-order valence-electron chi connectivity index (χ4n) is 4.20. The van der Waals surface area contributed by atoms with E-state index in [9.17, 15) is 14.0 Å². The van der Waals surface area contributed by atoms with E-state index in [1.165, 1.54) is 24.3 Å². The SMILES string of the molecule is CCOC1CC(N)(C(=O)N2CCC(C(=O)Nc3ccc(F)cc3)CC2)C1(C)C.Cl. The Morgan fingerprint density at radius 2 is 1.83 bits per heavy atom. The molecule has 1 aromatic carbocycles. The van der Waals surface area contributed by atoms with Gasteiger partial charge in [0.25, 0.3) is 0 Å². The molecule has 1 aromatic rings. The Labute approximate surface area is 177 Å². The molecule has 0 bridgehead atoms. The summed E-state index contributed by atoms with van der Waals surface area (Å²) in [6.07, 6.45) is 1.69. The molecule has 3 rings (SSSR count). The van der Waals surface area contributed by atoms with Gasteiger partial charge in [-0.15, -0.1) is 12.4 Å². The van der Waals surface area contributed by atoms with Crippen LogP contribution < -0.4 is 11.1 Å². The average Bonchev–Trinajstić information content (AvgIpc) is 2.69. The Hall–Kier alpha value is -1.70. The van der Waals surface area contributed by atoms with Crippen molar-refractivity contribution in [3.63, 3.8) is 0 Å². The van der Waals surface area contributed by atoms with Crippen molar-refractivity contribution in [2.24, 2.45) is 17.1 Å². The molecule has 0 spiro atoms. The molecule has 162 valence electrons. The number of halogens is 2. The van der Waals surface area contributed by atoms with Crippen LogP contribution in [0, 0.1) is 17.2 Å². The number of hydrogen-bond acceptors (Lipinski definition) is 4. The maximum atomic E-state index is 13.1. The second-order valence-corrected chi connectivity index (χ2v) is 8.40. The first-order chi connectivity index (χ1) is 13.2. The van der Waals surface area contributed by atoms with Crippen molar-refractivity contribution in [1.82, 2.24) is 4.90 Å². The highest BCUT2D eigenvalue weighted by Crippen LogP contribution is 2.50. The first-order valence-corrected chi connectivity index (χ1v) is 9.95. The summed E-state index contributed by atoms with van der Waals surface area (Å²) in [5, 5.41) is 2.82. The third-order valence-electron chi connectivity index (χ3n) is 6.48. The van der Waals surface area contributed by atoms with Gasteiger partial charge in [-0.25, -0.2) is 4.39 Å². The lowest BCUT2D eigenvalue weighted by molar-refractivity contribution is -0.180. The van der Waals surface area contributed by atoms with E-state index < -0.39 is 11.0 Å². The van der Waals surface area contributed by atoms with Crippen molar-refractivity contribution in [3.8, 4) is 0 Å². The minimum Gasteiger partial charge on any atom is -0.378 e. The molecular weight excluding hydrogens is 397 g/mol. The molecule has 1 heterocycles. The Bertz CT molecular complexity index is 735. The third kappa shape index (κ3) is 4.42. The Morgan fingerprint density at radius 3 is 2.34 bits per heavy atom. The van der Waals surface area contributed by atoms with Crippen molar-refractivity contribution >= 4 is 29.9 Å². The van der Waals surface area contributed by atoms with E-state index in [0.29, 0.717) is 44.6 Å². The Kier molecular flexibility index (Phi) is 7.30. The average molecular weight is 428 g/mol. The lowest BCUT2D eigenvalue weighted by atomic mass is 9.54. The van der Waals surface area contributed by atoms with Gasteiger partial charge in [0.15, 0.2) is 0 Å². The van der Waals surface area contributed by atoms with E-state index in [2.05, 4.69) is 5.32 Å². The van der Waals surface area contributed by atoms with Crippen molar-refractivity contribution in [3.05, 3.63) is 30.1 Å². The van der Waals surface area contributed by atoms with Crippen LogP contribution in [0.15, 0.2) is 24.3 Å². The normalized spacial score (nSPS) is 26.2. The molecule has 2 amide bonds. The Morgan fingerprint density at radius 1 is 1.24 bits per heavy atom. The number of benzene rings is 1. The number of carbonyl (C=O) groups is 2. The minimum absolute atomic E-state index is 0. The van der Waals surface area contributed by atoms with E-state index in [-0.39, 0.29) is 42.1 Å². The molecule has 6 nitrogen and oxygen atoms in total. The van der Waals surface area contributed by atoms with Gasteiger partial charge in [0.1, 0.15) is 11.4 Å². The summed E-state index contributed by atoms with van der Waals surface area (Å²) in [5.41, 5.74) is 5.74. The largest absolute Gasteiger partial charge is 0.378 e. The molecule has 29 heavy (non-hydrogen) atoms. The van der Waals surface area contributed by atoms with Crippen LogP contribution in [0.1, 0.15) is 40.0 Å². The van der Waals surface area contributed by atoms with Gasteiger partial charge in [-0.05, 0) is 44.0 Å². The summed E-state index contributed by atoms with van der Waals surface area (Å²) in [5.74, 6) is -0.660. The number of nitrogens with one attached hydrogen (secondary N) is 1. The lowest BCUT2D eigenvalue weighted by Gasteiger charge is -2.59. The van der Waals surface area contributed by atoms with Crippen LogP contribution in [0.4, 0.5) is 10.1 Å². The molecule has 0 radical (unpaired) electrons. The van der Waals surface area contributed by atoms with Crippen LogP contribution in [0.25, 0.3) is 0 Å². The summed E-state index contributed by atoms with van der Waals surface area (Å²) in [4.78, 5) is 27.3. The topological polar surface area (TPSA) is 84.7 Å². The van der Waals surface area contributed by atoms with E-state index in [4.69, 9.17) is 10.5 Å². The molecule has 1 saturated carbocycles. The summed E-state index contributed by atoms with van der Waals surface area (Å²) >= 11 is 0. The predicted molar refractivity (Wildman–Crippen MR) is 112 cm³/mol. The van der Waals surface area contributed by atoms with Gasteiger partial charge in [0.2, 0.25) is 11.8 Å². The van der Waals surface area contributed by atoms with Crippen LogP contribution in [0.3, 0.4) is 0 Å². The zero-order valence-electron chi connectivity index (χ0n) is 17.2. The molecule has 1 aliphatic carbocycles. The highest BCUT2D eigenvalue weighted by molar-refractivity contribution is 5.93. The first-order valence-electron chi connectivity index (χ1n) is 9.95. The number of ether oxygens (including phenoxy) is 1. The number of amides is 2. The summed E-state index contributed by atoms with van der Waals surface area (Å²) < 4.78 is 18.7. The Balaban J connectivity index is 0.00000300. The van der Waals surface area contributed by atoms with Crippen molar-refractivity contribution in [2.75, 3.05) is 25.0 Å². The fourth-order valence-corrected chi connectivity index (χ4v) is 4.20. The minimum atomic E-state index is -0.921. The molecule has 2 aliphatic rings. The number of likely N-dealkylation sites (tertiary alicyclic amines) is 1. The van der Waals surface area contributed by atoms with E-state index in [1.54, 1.807) is 4.90 Å². The number of rotatable bonds is 5. The summed E-state index contributed by atoms with van der Waals surface area (Å²) in [6, 6.07) is 5.70. The monoisotopic (exact) mass is 427 g/mol. The number of anilines is 1. The fraction of sp³-hybridized carbons (Fsp3) is 0.619. The molecule has 2 atom stereocenters. The van der Waals surface area contributed by atoms with Crippen molar-refractivity contribution in [1.29, 1.82) is 0 Å².